The zero-order valence-electron chi connectivity index (χ0n) is 11.8. The van der Waals surface area contributed by atoms with Gasteiger partial charge in [0, 0.05) is 31.4 Å². The molecule has 2 aromatic rings. The lowest BCUT2D eigenvalue weighted by Crippen LogP contribution is -2.22. The molecule has 0 aliphatic carbocycles. The number of aromatic nitrogens is 2. The fraction of sp³-hybridized carbons (Fsp3) is 0.400. The molecule has 4 nitrogen and oxygen atoms in total. The number of hydrogen-bond acceptors (Lipinski definition) is 3. The van der Waals surface area contributed by atoms with E-state index in [0.717, 1.165) is 18.7 Å². The first kappa shape index (κ1) is 13.6. The Morgan fingerprint density at radius 3 is 2.79 bits per heavy atom. The van der Waals surface area contributed by atoms with Gasteiger partial charge in [0.15, 0.2) is 0 Å². The minimum absolute atomic E-state index is 0.283. The summed E-state index contributed by atoms with van der Waals surface area (Å²) in [5.74, 6) is 0.937. The predicted octanol–water partition coefficient (Wildman–Crippen LogP) is 2.67. The molecule has 2 rings (SSSR count). The Bertz CT molecular complexity index is 522. The van der Waals surface area contributed by atoms with E-state index in [1.54, 1.807) is 7.11 Å². The number of rotatable bonds is 6. The predicted molar refractivity (Wildman–Crippen MR) is 76.1 cm³/mol. The first-order valence-corrected chi connectivity index (χ1v) is 6.57. The molecule has 0 spiro atoms. The van der Waals surface area contributed by atoms with Crippen molar-refractivity contribution in [3.05, 3.63) is 48.0 Å². The normalized spacial score (nSPS) is 12.4. The number of imidazole rings is 1. The summed E-state index contributed by atoms with van der Waals surface area (Å²) in [6.45, 7) is 2.97. The maximum atomic E-state index is 5.43. The van der Waals surface area contributed by atoms with E-state index in [0.29, 0.717) is 0 Å². The summed E-state index contributed by atoms with van der Waals surface area (Å²) in [6.07, 6.45) is 4.72. The average Bonchev–Trinajstić information content (AvgIpc) is 2.85. The van der Waals surface area contributed by atoms with Gasteiger partial charge in [0.05, 0.1) is 19.1 Å². The highest BCUT2D eigenvalue weighted by molar-refractivity contribution is 5.35. The summed E-state index contributed by atoms with van der Waals surface area (Å²) in [6, 6.07) is 8.45. The van der Waals surface area contributed by atoms with E-state index in [1.165, 1.54) is 11.3 Å². The smallest absolute Gasteiger partial charge is 0.123 e. The highest BCUT2D eigenvalue weighted by Gasteiger charge is 2.13. The highest BCUT2D eigenvalue weighted by atomic mass is 16.5. The van der Waals surface area contributed by atoms with Crippen molar-refractivity contribution in [3.8, 4) is 5.75 Å². The van der Waals surface area contributed by atoms with Crippen molar-refractivity contribution in [3.63, 3.8) is 0 Å². The van der Waals surface area contributed by atoms with Gasteiger partial charge in [-0.05, 0) is 12.5 Å². The Hall–Kier alpha value is -1.81. The zero-order chi connectivity index (χ0) is 13.7. The van der Waals surface area contributed by atoms with Crippen molar-refractivity contribution in [2.24, 2.45) is 7.05 Å². The van der Waals surface area contributed by atoms with Crippen LogP contribution >= 0.6 is 0 Å². The molecule has 0 fully saturated rings. The Morgan fingerprint density at radius 1 is 1.37 bits per heavy atom. The van der Waals surface area contributed by atoms with Crippen LogP contribution < -0.4 is 10.1 Å². The molecule has 0 saturated carbocycles. The fourth-order valence-electron chi connectivity index (χ4n) is 2.21. The molecule has 0 aliphatic rings. The Morgan fingerprint density at radius 2 is 2.16 bits per heavy atom. The van der Waals surface area contributed by atoms with Crippen LogP contribution in [0.4, 0.5) is 0 Å². The van der Waals surface area contributed by atoms with Crippen molar-refractivity contribution in [2.75, 3.05) is 7.11 Å². The molecular weight excluding hydrogens is 238 g/mol. The molecule has 1 aromatic carbocycles. The number of nitrogens with one attached hydrogen (secondary N) is 1. The number of hydrogen-bond donors (Lipinski definition) is 1. The van der Waals surface area contributed by atoms with Crippen molar-refractivity contribution in [1.82, 2.24) is 14.9 Å². The van der Waals surface area contributed by atoms with Gasteiger partial charge in [0.1, 0.15) is 5.75 Å². The molecule has 0 aliphatic heterocycles. The van der Waals surface area contributed by atoms with E-state index in [1.807, 2.05) is 42.3 Å². The maximum Gasteiger partial charge on any atom is 0.123 e. The molecule has 0 amide bonds. The third-order valence-corrected chi connectivity index (χ3v) is 3.37. The van der Waals surface area contributed by atoms with Crippen molar-refractivity contribution >= 4 is 0 Å². The van der Waals surface area contributed by atoms with E-state index in [4.69, 9.17) is 4.74 Å². The summed E-state index contributed by atoms with van der Waals surface area (Å²) in [7, 11) is 3.72. The summed E-state index contributed by atoms with van der Waals surface area (Å²) >= 11 is 0. The van der Waals surface area contributed by atoms with Gasteiger partial charge in [-0.1, -0.05) is 25.1 Å². The van der Waals surface area contributed by atoms with Crippen LogP contribution in [0.25, 0.3) is 0 Å². The van der Waals surface area contributed by atoms with Gasteiger partial charge in [-0.15, -0.1) is 0 Å². The third kappa shape index (κ3) is 3.15. The maximum absolute atomic E-state index is 5.43. The minimum atomic E-state index is 0.283. The summed E-state index contributed by atoms with van der Waals surface area (Å²) in [5.41, 5.74) is 2.38. The quantitative estimate of drug-likeness (QED) is 0.867. The average molecular weight is 259 g/mol. The zero-order valence-corrected chi connectivity index (χ0v) is 11.8. The first-order chi connectivity index (χ1) is 9.26. The van der Waals surface area contributed by atoms with Crippen LogP contribution in [-0.2, 0) is 13.6 Å². The van der Waals surface area contributed by atoms with Crippen LogP contribution in [-0.4, -0.2) is 16.7 Å². The number of para-hydroxylation sites is 1. The van der Waals surface area contributed by atoms with Gasteiger partial charge in [-0.25, -0.2) is 4.98 Å². The van der Waals surface area contributed by atoms with E-state index in [2.05, 4.69) is 23.3 Å². The molecule has 1 heterocycles. The molecule has 4 heteroatoms. The molecule has 19 heavy (non-hydrogen) atoms. The summed E-state index contributed by atoms with van der Waals surface area (Å²) in [5, 5.41) is 3.56. The molecule has 1 atom stereocenters. The molecule has 0 bridgehead atoms. The SMILES string of the molecule is CCC(NCc1cncn1C)c1ccccc1OC. The van der Waals surface area contributed by atoms with Crippen LogP contribution in [0.1, 0.15) is 30.6 Å². The highest BCUT2D eigenvalue weighted by Crippen LogP contribution is 2.26. The summed E-state index contributed by atoms with van der Waals surface area (Å²) in [4.78, 5) is 4.13. The van der Waals surface area contributed by atoms with Crippen molar-refractivity contribution < 1.29 is 4.74 Å². The Balaban J connectivity index is 2.10. The second-order valence-electron chi connectivity index (χ2n) is 4.58. The van der Waals surface area contributed by atoms with Gasteiger partial charge in [0.2, 0.25) is 0 Å². The van der Waals surface area contributed by atoms with Crippen molar-refractivity contribution in [1.29, 1.82) is 0 Å². The molecule has 0 saturated heterocycles. The van der Waals surface area contributed by atoms with Gasteiger partial charge in [-0.2, -0.15) is 0 Å². The van der Waals surface area contributed by atoms with Crippen LogP contribution in [0.5, 0.6) is 5.75 Å². The monoisotopic (exact) mass is 259 g/mol. The number of benzene rings is 1. The van der Waals surface area contributed by atoms with Gasteiger partial charge >= 0.3 is 0 Å². The lowest BCUT2D eigenvalue weighted by Gasteiger charge is -2.20. The molecule has 1 unspecified atom stereocenters. The van der Waals surface area contributed by atoms with E-state index in [9.17, 15) is 0 Å². The number of nitrogens with zero attached hydrogens (tertiary/aromatic N) is 2. The van der Waals surface area contributed by atoms with Crippen LogP contribution in [0.2, 0.25) is 0 Å². The minimum Gasteiger partial charge on any atom is -0.496 e. The van der Waals surface area contributed by atoms with E-state index in [-0.39, 0.29) is 6.04 Å². The molecule has 1 aromatic heterocycles. The second kappa shape index (κ2) is 6.38. The summed E-state index contributed by atoms with van der Waals surface area (Å²) < 4.78 is 7.46. The van der Waals surface area contributed by atoms with Crippen molar-refractivity contribution in [2.45, 2.75) is 25.9 Å². The van der Waals surface area contributed by atoms with Gasteiger partial charge in [-0.3, -0.25) is 0 Å². The second-order valence-corrected chi connectivity index (χ2v) is 4.58. The van der Waals surface area contributed by atoms with Gasteiger partial charge < -0.3 is 14.6 Å². The molecule has 1 N–H and O–H groups in total. The lowest BCUT2D eigenvalue weighted by molar-refractivity contribution is 0.396. The van der Waals surface area contributed by atoms with Crippen LogP contribution in [0.15, 0.2) is 36.8 Å². The molecule has 0 radical (unpaired) electrons. The van der Waals surface area contributed by atoms with E-state index < -0.39 is 0 Å². The largest absolute Gasteiger partial charge is 0.496 e. The standard InChI is InChI=1S/C15H21N3O/c1-4-14(13-7-5-6-8-15(13)19-3)17-10-12-9-16-11-18(12)2/h5-9,11,14,17H,4,10H2,1-3H3. The van der Waals surface area contributed by atoms with Gasteiger partial charge in [0.25, 0.3) is 0 Å². The number of aryl methyl sites for hydroxylation is 1. The topological polar surface area (TPSA) is 39.1 Å². The number of ether oxygens (including phenoxy) is 1. The Labute approximate surface area is 114 Å². The Kier molecular flexibility index (Phi) is 4.58. The third-order valence-electron chi connectivity index (χ3n) is 3.37. The fourth-order valence-corrected chi connectivity index (χ4v) is 2.21. The van der Waals surface area contributed by atoms with Crippen LogP contribution in [0.3, 0.4) is 0 Å². The molecule has 102 valence electrons. The van der Waals surface area contributed by atoms with E-state index >= 15 is 0 Å². The molecular formula is C15H21N3O. The number of methoxy groups -OCH3 is 1. The first-order valence-electron chi connectivity index (χ1n) is 6.57. The lowest BCUT2D eigenvalue weighted by atomic mass is 10.0. The van der Waals surface area contributed by atoms with Crippen LogP contribution in [0, 0.1) is 0 Å².